The molecule has 0 saturated heterocycles. The predicted octanol–water partition coefficient (Wildman–Crippen LogP) is 3.65. The molecule has 1 aromatic carbocycles. The second-order valence-electron chi connectivity index (χ2n) is 3.70. The van der Waals surface area contributed by atoms with E-state index in [1.165, 1.54) is 17.4 Å². The van der Waals surface area contributed by atoms with E-state index in [2.05, 4.69) is 10.3 Å². The second kappa shape index (κ2) is 5.28. The van der Waals surface area contributed by atoms with Crippen molar-refractivity contribution >= 4 is 17.0 Å². The van der Waals surface area contributed by atoms with Gasteiger partial charge in [-0.3, -0.25) is 0 Å². The SMILES string of the molecule is N#Cc1cc(C(F)(F)F)ccc1NCc1cscn1. The Bertz CT molecular complexity index is 600. The van der Waals surface area contributed by atoms with Gasteiger partial charge in [-0.05, 0) is 18.2 Å². The molecule has 0 spiro atoms. The van der Waals surface area contributed by atoms with Crippen molar-refractivity contribution < 1.29 is 13.2 Å². The van der Waals surface area contributed by atoms with Crippen molar-refractivity contribution in [1.29, 1.82) is 5.26 Å². The van der Waals surface area contributed by atoms with Crippen LogP contribution in [0.15, 0.2) is 29.1 Å². The zero-order valence-corrected chi connectivity index (χ0v) is 10.3. The van der Waals surface area contributed by atoms with Crippen LogP contribution in [-0.2, 0) is 12.7 Å². The van der Waals surface area contributed by atoms with Gasteiger partial charge in [-0.15, -0.1) is 11.3 Å². The first-order chi connectivity index (χ1) is 9.00. The molecule has 0 unspecified atom stereocenters. The van der Waals surface area contributed by atoms with Gasteiger partial charge in [-0.2, -0.15) is 18.4 Å². The molecule has 0 fully saturated rings. The van der Waals surface area contributed by atoms with Gasteiger partial charge >= 0.3 is 6.18 Å². The summed E-state index contributed by atoms with van der Waals surface area (Å²) < 4.78 is 37.5. The van der Waals surface area contributed by atoms with Crippen LogP contribution in [0.4, 0.5) is 18.9 Å². The van der Waals surface area contributed by atoms with Gasteiger partial charge in [0.25, 0.3) is 0 Å². The molecule has 0 aliphatic heterocycles. The molecule has 19 heavy (non-hydrogen) atoms. The molecule has 0 bridgehead atoms. The summed E-state index contributed by atoms with van der Waals surface area (Å²) in [5.74, 6) is 0. The molecule has 0 aliphatic rings. The fourth-order valence-electron chi connectivity index (χ4n) is 1.48. The molecular weight excluding hydrogens is 275 g/mol. The maximum atomic E-state index is 12.5. The summed E-state index contributed by atoms with van der Waals surface area (Å²) in [6.07, 6.45) is -4.45. The number of thiazole rings is 1. The van der Waals surface area contributed by atoms with Gasteiger partial charge in [-0.25, -0.2) is 4.98 Å². The van der Waals surface area contributed by atoms with E-state index in [0.717, 1.165) is 17.8 Å². The third kappa shape index (κ3) is 3.23. The number of rotatable bonds is 3. The summed E-state index contributed by atoms with van der Waals surface area (Å²) in [4.78, 5) is 4.04. The zero-order chi connectivity index (χ0) is 13.9. The molecule has 1 N–H and O–H groups in total. The average molecular weight is 283 g/mol. The summed E-state index contributed by atoms with van der Waals surface area (Å²) in [6.45, 7) is 0.365. The molecule has 0 aliphatic carbocycles. The van der Waals surface area contributed by atoms with Crippen LogP contribution in [-0.4, -0.2) is 4.98 Å². The lowest BCUT2D eigenvalue weighted by molar-refractivity contribution is -0.137. The molecule has 0 radical (unpaired) electrons. The van der Waals surface area contributed by atoms with Crippen LogP contribution in [0.3, 0.4) is 0 Å². The van der Waals surface area contributed by atoms with Crippen molar-refractivity contribution in [2.75, 3.05) is 5.32 Å². The van der Waals surface area contributed by atoms with Crippen molar-refractivity contribution in [3.63, 3.8) is 0 Å². The van der Waals surface area contributed by atoms with E-state index in [-0.39, 0.29) is 5.56 Å². The minimum absolute atomic E-state index is 0.0370. The topological polar surface area (TPSA) is 48.7 Å². The van der Waals surface area contributed by atoms with Crippen LogP contribution in [0.25, 0.3) is 0 Å². The van der Waals surface area contributed by atoms with Gasteiger partial charge in [-0.1, -0.05) is 0 Å². The van der Waals surface area contributed by atoms with E-state index in [1.54, 1.807) is 11.6 Å². The van der Waals surface area contributed by atoms with Crippen LogP contribution < -0.4 is 5.32 Å². The van der Waals surface area contributed by atoms with Crippen LogP contribution in [0.5, 0.6) is 0 Å². The summed E-state index contributed by atoms with van der Waals surface area (Å²) >= 11 is 1.43. The smallest absolute Gasteiger partial charge is 0.378 e. The van der Waals surface area contributed by atoms with Gasteiger partial charge in [0.1, 0.15) is 6.07 Å². The number of nitriles is 1. The van der Waals surface area contributed by atoms with Crippen molar-refractivity contribution in [3.8, 4) is 6.07 Å². The molecule has 1 heterocycles. The number of alkyl halides is 3. The van der Waals surface area contributed by atoms with Crippen LogP contribution >= 0.6 is 11.3 Å². The number of benzene rings is 1. The van der Waals surface area contributed by atoms with Gasteiger partial charge in [0.05, 0.1) is 34.6 Å². The van der Waals surface area contributed by atoms with E-state index in [4.69, 9.17) is 5.26 Å². The highest BCUT2D eigenvalue weighted by atomic mass is 32.1. The van der Waals surface area contributed by atoms with Gasteiger partial charge < -0.3 is 5.32 Å². The highest BCUT2D eigenvalue weighted by molar-refractivity contribution is 7.07. The van der Waals surface area contributed by atoms with E-state index >= 15 is 0 Å². The minimum atomic E-state index is -4.45. The predicted molar refractivity (Wildman–Crippen MR) is 65.6 cm³/mol. The monoisotopic (exact) mass is 283 g/mol. The number of nitrogens with zero attached hydrogens (tertiary/aromatic N) is 2. The Balaban J connectivity index is 2.20. The summed E-state index contributed by atoms with van der Waals surface area (Å²) in [5, 5.41) is 13.6. The minimum Gasteiger partial charge on any atom is -0.378 e. The third-order valence-corrected chi connectivity index (χ3v) is 3.05. The highest BCUT2D eigenvalue weighted by Crippen LogP contribution is 2.31. The normalized spacial score (nSPS) is 11.1. The Morgan fingerprint density at radius 3 is 2.74 bits per heavy atom. The van der Waals surface area contributed by atoms with Crippen LogP contribution in [0.1, 0.15) is 16.8 Å². The van der Waals surface area contributed by atoms with E-state index < -0.39 is 11.7 Å². The van der Waals surface area contributed by atoms with Crippen molar-refractivity contribution in [2.24, 2.45) is 0 Å². The van der Waals surface area contributed by atoms with Crippen molar-refractivity contribution in [3.05, 3.63) is 45.9 Å². The van der Waals surface area contributed by atoms with E-state index in [0.29, 0.717) is 12.2 Å². The molecule has 0 atom stereocenters. The first-order valence-corrected chi connectivity index (χ1v) is 6.17. The highest BCUT2D eigenvalue weighted by Gasteiger charge is 2.31. The van der Waals surface area contributed by atoms with Gasteiger partial charge in [0, 0.05) is 5.38 Å². The number of hydrogen-bond donors (Lipinski definition) is 1. The summed E-state index contributed by atoms with van der Waals surface area (Å²) in [7, 11) is 0. The number of anilines is 1. The Morgan fingerprint density at radius 2 is 2.16 bits per heavy atom. The maximum absolute atomic E-state index is 12.5. The first kappa shape index (κ1) is 13.4. The largest absolute Gasteiger partial charge is 0.416 e. The summed E-state index contributed by atoms with van der Waals surface area (Å²) in [5.41, 5.74) is 1.93. The lowest BCUT2D eigenvalue weighted by atomic mass is 10.1. The van der Waals surface area contributed by atoms with E-state index in [1.807, 2.05) is 5.38 Å². The van der Waals surface area contributed by atoms with E-state index in [9.17, 15) is 13.2 Å². The number of hydrogen-bond acceptors (Lipinski definition) is 4. The molecule has 7 heteroatoms. The third-order valence-electron chi connectivity index (χ3n) is 2.41. The van der Waals surface area contributed by atoms with Crippen LogP contribution in [0.2, 0.25) is 0 Å². The average Bonchev–Trinajstić information content (AvgIpc) is 2.88. The van der Waals surface area contributed by atoms with Crippen molar-refractivity contribution in [1.82, 2.24) is 4.98 Å². The fraction of sp³-hybridized carbons (Fsp3) is 0.167. The number of nitrogens with one attached hydrogen (secondary N) is 1. The second-order valence-corrected chi connectivity index (χ2v) is 4.42. The Labute approximate surface area is 111 Å². The quantitative estimate of drug-likeness (QED) is 0.935. The summed E-state index contributed by atoms with van der Waals surface area (Å²) in [6, 6.07) is 4.80. The number of aromatic nitrogens is 1. The molecule has 0 amide bonds. The molecule has 1 aromatic heterocycles. The van der Waals surface area contributed by atoms with Gasteiger partial charge in [0.15, 0.2) is 0 Å². The Kier molecular flexibility index (Phi) is 3.71. The maximum Gasteiger partial charge on any atom is 0.416 e. The molecule has 2 rings (SSSR count). The zero-order valence-electron chi connectivity index (χ0n) is 9.53. The molecule has 0 saturated carbocycles. The lowest BCUT2D eigenvalue weighted by Crippen LogP contribution is -2.07. The molecular formula is C12H8F3N3S. The molecule has 2 aromatic rings. The molecule has 3 nitrogen and oxygen atoms in total. The standard InChI is InChI=1S/C12H8F3N3S/c13-12(14,15)9-1-2-11(8(3-9)4-16)17-5-10-6-19-7-18-10/h1-3,6-7,17H,5H2. The number of halogens is 3. The Morgan fingerprint density at radius 1 is 1.37 bits per heavy atom. The lowest BCUT2D eigenvalue weighted by Gasteiger charge is -2.10. The molecule has 98 valence electrons. The Hall–Kier alpha value is -2.07. The van der Waals surface area contributed by atoms with Crippen LogP contribution in [0, 0.1) is 11.3 Å². The fourth-order valence-corrected chi connectivity index (χ4v) is 2.04. The van der Waals surface area contributed by atoms with Crippen molar-refractivity contribution in [2.45, 2.75) is 12.7 Å². The van der Waals surface area contributed by atoms with Gasteiger partial charge in [0.2, 0.25) is 0 Å². The first-order valence-electron chi connectivity index (χ1n) is 5.23.